The van der Waals surface area contributed by atoms with Crippen molar-refractivity contribution < 1.29 is 0 Å². The van der Waals surface area contributed by atoms with Crippen LogP contribution >= 0.6 is 12.6 Å². The second-order valence-electron chi connectivity index (χ2n) is 7.74. The maximum absolute atomic E-state index is 12.1. The summed E-state index contributed by atoms with van der Waals surface area (Å²) >= 11 is 4.33. The molecule has 0 aliphatic heterocycles. The molecule has 1 aromatic heterocycles. The normalized spacial score (nSPS) is 19.2. The van der Waals surface area contributed by atoms with Gasteiger partial charge in [-0.25, -0.2) is 0 Å². The Kier molecular flexibility index (Phi) is 6.92. The highest BCUT2D eigenvalue weighted by Crippen LogP contribution is 2.37. The van der Waals surface area contributed by atoms with Gasteiger partial charge in [-0.15, -0.1) is 12.6 Å². The maximum atomic E-state index is 12.1. The van der Waals surface area contributed by atoms with E-state index in [9.17, 15) is 4.79 Å². The molecule has 0 radical (unpaired) electrons. The maximum Gasteiger partial charge on any atom is 0.274 e. The molecule has 154 valence electrons. The fourth-order valence-electron chi connectivity index (χ4n) is 3.15. The van der Waals surface area contributed by atoms with Crippen LogP contribution in [0.4, 0.5) is 5.95 Å². The molecule has 0 saturated heterocycles. The highest BCUT2D eigenvalue weighted by Gasteiger charge is 2.35. The van der Waals surface area contributed by atoms with Gasteiger partial charge < -0.3 is 15.2 Å². The van der Waals surface area contributed by atoms with E-state index in [1.807, 2.05) is 19.9 Å². The van der Waals surface area contributed by atoms with Crippen LogP contribution in [0.25, 0.3) is 0 Å². The molecule has 3 rings (SSSR count). The summed E-state index contributed by atoms with van der Waals surface area (Å²) in [4.78, 5) is 27.2. The van der Waals surface area contributed by atoms with Gasteiger partial charge in [0.2, 0.25) is 5.95 Å². The van der Waals surface area contributed by atoms with Crippen LogP contribution in [-0.2, 0) is 6.42 Å². The van der Waals surface area contributed by atoms with Crippen LogP contribution < -0.4 is 10.9 Å². The molecule has 2 atom stereocenters. The Morgan fingerprint density at radius 2 is 2.07 bits per heavy atom. The van der Waals surface area contributed by atoms with Gasteiger partial charge in [0.1, 0.15) is 0 Å². The first kappa shape index (κ1) is 21.3. The number of H-pyrrole nitrogens is 1. The van der Waals surface area contributed by atoms with Gasteiger partial charge in [-0.2, -0.15) is 4.98 Å². The van der Waals surface area contributed by atoms with Crippen LogP contribution in [0.5, 0.6) is 0 Å². The van der Waals surface area contributed by atoms with E-state index in [1.165, 1.54) is 5.56 Å². The summed E-state index contributed by atoms with van der Waals surface area (Å²) in [5.74, 6) is 0.666. The largest absolute Gasteiger partial charge is 0.354 e. The van der Waals surface area contributed by atoms with E-state index in [0.29, 0.717) is 12.5 Å². The van der Waals surface area contributed by atoms with Crippen LogP contribution in [0.1, 0.15) is 37.4 Å². The van der Waals surface area contributed by atoms with E-state index in [1.54, 1.807) is 6.07 Å². The van der Waals surface area contributed by atoms with Crippen molar-refractivity contribution in [3.05, 3.63) is 68.6 Å². The number of benzene rings is 1. The first-order valence-corrected chi connectivity index (χ1v) is 10.3. The van der Waals surface area contributed by atoms with Crippen LogP contribution in [0, 0.1) is 0 Å². The summed E-state index contributed by atoms with van der Waals surface area (Å²) in [6.45, 7) is 4.55. The van der Waals surface area contributed by atoms with Gasteiger partial charge in [0.25, 0.3) is 5.56 Å². The lowest BCUT2D eigenvalue weighted by Gasteiger charge is -2.25. The fraction of sp³-hybridized carbons (Fsp3) is 0.409. The van der Waals surface area contributed by atoms with E-state index >= 15 is 0 Å². The molecule has 1 heterocycles. The number of aromatic amines is 1. The first-order chi connectivity index (χ1) is 13.8. The van der Waals surface area contributed by atoms with Crippen molar-refractivity contribution in [3.63, 3.8) is 0 Å². The molecule has 1 aromatic carbocycles. The third kappa shape index (κ3) is 6.05. The average molecular weight is 412 g/mol. The summed E-state index contributed by atoms with van der Waals surface area (Å²) in [5, 5.41) is 3.31. The van der Waals surface area contributed by atoms with E-state index in [2.05, 4.69) is 76.2 Å². The number of nitrogens with one attached hydrogen (secondary N) is 2. The van der Waals surface area contributed by atoms with Crippen LogP contribution in [0.2, 0.25) is 0 Å². The van der Waals surface area contributed by atoms with Crippen molar-refractivity contribution in [2.24, 2.45) is 4.99 Å². The van der Waals surface area contributed by atoms with Gasteiger partial charge in [-0.1, -0.05) is 30.3 Å². The third-order valence-corrected chi connectivity index (χ3v) is 5.50. The van der Waals surface area contributed by atoms with Crippen molar-refractivity contribution in [1.82, 2.24) is 14.9 Å². The Labute approximate surface area is 177 Å². The molecule has 1 aliphatic rings. The second-order valence-corrected chi connectivity index (χ2v) is 8.41. The lowest BCUT2D eigenvalue weighted by atomic mass is 10.1. The smallest absolute Gasteiger partial charge is 0.274 e. The quantitative estimate of drug-likeness (QED) is 0.582. The van der Waals surface area contributed by atoms with Gasteiger partial charge in [-0.05, 0) is 51.3 Å². The SMILES string of the molecule is C/C(S)=C(C)/N=C1\CC1c1cc(=O)nc(NCC(Cc2ccccc2)N(C)C)[nH]1. The Morgan fingerprint density at radius 1 is 1.34 bits per heavy atom. The Hall–Kier alpha value is -2.38. The number of nitrogens with zero attached hydrogens (tertiary/aromatic N) is 3. The van der Waals surface area contributed by atoms with Gasteiger partial charge in [-0.3, -0.25) is 9.79 Å². The molecule has 6 nitrogen and oxygen atoms in total. The molecule has 7 heteroatoms. The highest BCUT2D eigenvalue weighted by atomic mass is 32.1. The fourth-order valence-corrected chi connectivity index (χ4v) is 3.20. The Morgan fingerprint density at radius 3 is 2.72 bits per heavy atom. The lowest BCUT2D eigenvalue weighted by molar-refractivity contribution is 0.303. The van der Waals surface area contributed by atoms with Crippen molar-refractivity contribution in [3.8, 4) is 0 Å². The van der Waals surface area contributed by atoms with Crippen LogP contribution in [0.3, 0.4) is 0 Å². The summed E-state index contributed by atoms with van der Waals surface area (Å²) < 4.78 is 0. The summed E-state index contributed by atoms with van der Waals surface area (Å²) in [6.07, 6.45) is 1.77. The summed E-state index contributed by atoms with van der Waals surface area (Å²) in [6, 6.07) is 12.2. The van der Waals surface area contributed by atoms with Gasteiger partial charge in [0, 0.05) is 41.7 Å². The molecule has 0 spiro atoms. The van der Waals surface area contributed by atoms with E-state index in [0.717, 1.165) is 34.8 Å². The molecule has 2 N–H and O–H groups in total. The van der Waals surface area contributed by atoms with Gasteiger partial charge >= 0.3 is 0 Å². The third-order valence-electron chi connectivity index (χ3n) is 5.18. The first-order valence-electron chi connectivity index (χ1n) is 9.83. The Bertz CT molecular complexity index is 961. The average Bonchev–Trinajstić information content (AvgIpc) is 3.44. The standard InChI is InChI=1S/C22H29N5OS/c1-14(15(2)29)24-19-11-18(19)20-12-21(28)26-22(25-20)23-13-17(27(3)4)10-16-8-6-5-7-9-16/h5-9,12,17-18,29H,10-11,13H2,1-4H3,(H2,23,25,26,28)/b15-14-,24-19+. The van der Waals surface area contributed by atoms with Crippen LogP contribution in [0.15, 0.2) is 56.8 Å². The number of allylic oxidation sites excluding steroid dienone is 2. The highest BCUT2D eigenvalue weighted by molar-refractivity contribution is 7.84. The van der Waals surface area contributed by atoms with E-state index in [4.69, 9.17) is 0 Å². The summed E-state index contributed by atoms with van der Waals surface area (Å²) in [5.41, 5.74) is 3.88. The zero-order chi connectivity index (χ0) is 21.0. The van der Waals surface area contributed by atoms with Gasteiger partial charge in [0.15, 0.2) is 0 Å². The molecular weight excluding hydrogens is 382 g/mol. The number of anilines is 1. The second kappa shape index (κ2) is 9.41. The number of hydrogen-bond donors (Lipinski definition) is 3. The number of hydrogen-bond acceptors (Lipinski definition) is 6. The number of aliphatic imine (C=N–C) groups is 1. The molecule has 2 aromatic rings. The van der Waals surface area contributed by atoms with Crippen molar-refractivity contribution in [2.45, 2.75) is 38.6 Å². The van der Waals surface area contributed by atoms with Gasteiger partial charge in [0.05, 0.1) is 0 Å². The predicted molar refractivity (Wildman–Crippen MR) is 123 cm³/mol. The molecule has 0 bridgehead atoms. The Balaban J connectivity index is 1.68. The number of rotatable bonds is 8. The molecule has 29 heavy (non-hydrogen) atoms. The minimum atomic E-state index is -0.241. The molecular formula is C22H29N5OS. The zero-order valence-corrected chi connectivity index (χ0v) is 18.3. The topological polar surface area (TPSA) is 73.4 Å². The molecule has 1 aliphatic carbocycles. The monoisotopic (exact) mass is 411 g/mol. The molecule has 1 fully saturated rings. The molecule has 1 saturated carbocycles. The minimum Gasteiger partial charge on any atom is -0.354 e. The summed E-state index contributed by atoms with van der Waals surface area (Å²) in [7, 11) is 4.13. The number of aromatic nitrogens is 2. The number of thiol groups is 1. The number of likely N-dealkylation sites (N-methyl/N-ethyl adjacent to an activating group) is 1. The zero-order valence-electron chi connectivity index (χ0n) is 17.4. The van der Waals surface area contributed by atoms with Crippen molar-refractivity contribution in [2.75, 3.05) is 26.0 Å². The van der Waals surface area contributed by atoms with E-state index in [-0.39, 0.29) is 17.5 Å². The van der Waals surface area contributed by atoms with Crippen molar-refractivity contribution in [1.29, 1.82) is 0 Å². The lowest BCUT2D eigenvalue weighted by Crippen LogP contribution is -2.37. The molecule has 2 unspecified atom stereocenters. The predicted octanol–water partition coefficient (Wildman–Crippen LogP) is 3.46. The molecule has 0 amide bonds. The van der Waals surface area contributed by atoms with Crippen LogP contribution in [-0.4, -0.2) is 47.3 Å². The minimum absolute atomic E-state index is 0.155. The van der Waals surface area contributed by atoms with Crippen molar-refractivity contribution >= 4 is 24.3 Å². The van der Waals surface area contributed by atoms with E-state index < -0.39 is 0 Å².